The van der Waals surface area contributed by atoms with Crippen molar-refractivity contribution < 1.29 is 9.53 Å². The van der Waals surface area contributed by atoms with E-state index in [-0.39, 0.29) is 0 Å². The number of aldehydes is 1. The molecule has 0 saturated heterocycles. The third kappa shape index (κ3) is 2.45. The molecule has 0 amide bonds. The number of benzene rings is 1. The summed E-state index contributed by atoms with van der Waals surface area (Å²) >= 11 is 9.19. The van der Waals surface area contributed by atoms with Gasteiger partial charge in [-0.25, -0.2) is 0 Å². The van der Waals surface area contributed by atoms with E-state index < -0.39 is 0 Å². The number of hydrogen-bond donors (Lipinski definition) is 0. The molecule has 13 heavy (non-hydrogen) atoms. The molecule has 0 atom stereocenters. The number of carbonyl (C=O) groups is 1. The fourth-order valence-corrected chi connectivity index (χ4v) is 2.04. The average Bonchev–Trinajstić information content (AvgIpc) is 2.04. The Morgan fingerprint density at radius 3 is 2.85 bits per heavy atom. The summed E-state index contributed by atoms with van der Waals surface area (Å²) in [6.45, 7) is 0. The van der Waals surface area contributed by atoms with Gasteiger partial charge >= 0.3 is 0 Å². The Morgan fingerprint density at radius 2 is 2.31 bits per heavy atom. The van der Waals surface area contributed by atoms with Crippen molar-refractivity contribution in [3.05, 3.63) is 27.2 Å². The van der Waals surface area contributed by atoms with Crippen molar-refractivity contribution >= 4 is 33.8 Å². The Labute approximate surface area is 90.0 Å². The molecule has 0 unspecified atom stereocenters. The van der Waals surface area contributed by atoms with E-state index in [9.17, 15) is 4.79 Å². The van der Waals surface area contributed by atoms with Crippen molar-refractivity contribution in [3.63, 3.8) is 0 Å². The van der Waals surface area contributed by atoms with Crippen molar-refractivity contribution in [3.8, 4) is 5.75 Å². The summed E-state index contributed by atoms with van der Waals surface area (Å²) < 4.78 is 5.91. The lowest BCUT2D eigenvalue weighted by Crippen LogP contribution is -1.94. The van der Waals surface area contributed by atoms with Crippen molar-refractivity contribution in [1.82, 2.24) is 0 Å². The molecule has 1 aromatic carbocycles. The van der Waals surface area contributed by atoms with Crippen LogP contribution in [0.3, 0.4) is 0 Å². The average molecular weight is 264 g/mol. The molecule has 0 aliphatic heterocycles. The predicted octanol–water partition coefficient (Wildman–Crippen LogP) is 2.85. The lowest BCUT2D eigenvalue weighted by molar-refractivity contribution is -0.107. The van der Waals surface area contributed by atoms with Gasteiger partial charge in [0.25, 0.3) is 0 Å². The molecule has 70 valence electrons. The maximum atomic E-state index is 10.4. The fourth-order valence-electron chi connectivity index (χ4n) is 1.08. The van der Waals surface area contributed by atoms with E-state index in [1.165, 1.54) is 7.11 Å². The lowest BCUT2D eigenvalue weighted by Gasteiger charge is -2.08. The molecule has 0 aliphatic rings. The van der Waals surface area contributed by atoms with Gasteiger partial charge in [0.05, 0.1) is 12.1 Å². The maximum Gasteiger partial charge on any atom is 0.141 e. The first kappa shape index (κ1) is 10.5. The number of methoxy groups -OCH3 is 1. The SMILES string of the molecule is COc1c(Cl)cc(Br)cc1CC=O. The summed E-state index contributed by atoms with van der Waals surface area (Å²) in [5, 5.41) is 0.508. The van der Waals surface area contributed by atoms with Crippen molar-refractivity contribution in [2.24, 2.45) is 0 Å². The summed E-state index contributed by atoms with van der Waals surface area (Å²) in [4.78, 5) is 10.4. The van der Waals surface area contributed by atoms with Gasteiger partial charge in [-0.3, -0.25) is 0 Å². The van der Waals surface area contributed by atoms with Crippen LogP contribution in [0.25, 0.3) is 0 Å². The molecule has 1 aromatic rings. The van der Waals surface area contributed by atoms with Crippen LogP contribution >= 0.6 is 27.5 Å². The van der Waals surface area contributed by atoms with Gasteiger partial charge in [-0.15, -0.1) is 0 Å². The minimum atomic E-state index is 0.308. The highest BCUT2D eigenvalue weighted by Crippen LogP contribution is 2.32. The Kier molecular flexibility index (Phi) is 3.75. The van der Waals surface area contributed by atoms with Crippen LogP contribution in [-0.4, -0.2) is 13.4 Å². The monoisotopic (exact) mass is 262 g/mol. The highest BCUT2D eigenvalue weighted by Gasteiger charge is 2.08. The first-order chi connectivity index (χ1) is 6.19. The summed E-state index contributed by atoms with van der Waals surface area (Å²) in [5.41, 5.74) is 0.789. The van der Waals surface area contributed by atoms with Crippen LogP contribution in [0.5, 0.6) is 5.75 Å². The third-order valence-electron chi connectivity index (χ3n) is 1.59. The van der Waals surface area contributed by atoms with Crippen LogP contribution in [0, 0.1) is 0 Å². The standard InChI is InChI=1S/C9H8BrClO2/c1-13-9-6(2-3-12)4-7(10)5-8(9)11/h3-5H,2H2,1H3. The molecule has 1 rings (SSSR count). The van der Waals surface area contributed by atoms with Gasteiger partial charge < -0.3 is 9.53 Å². The zero-order chi connectivity index (χ0) is 9.84. The van der Waals surface area contributed by atoms with Crippen LogP contribution < -0.4 is 4.74 Å². The second-order valence-corrected chi connectivity index (χ2v) is 3.77. The van der Waals surface area contributed by atoms with Gasteiger partial charge in [0.15, 0.2) is 0 Å². The Bertz CT molecular complexity index is 326. The molecule has 0 aromatic heterocycles. The third-order valence-corrected chi connectivity index (χ3v) is 2.33. The molecule has 0 fully saturated rings. The molecule has 0 spiro atoms. The predicted molar refractivity (Wildman–Crippen MR) is 55.5 cm³/mol. The van der Waals surface area contributed by atoms with Crippen LogP contribution in [0.4, 0.5) is 0 Å². The number of halogens is 2. The van der Waals surface area contributed by atoms with Crippen LogP contribution in [0.2, 0.25) is 5.02 Å². The van der Waals surface area contributed by atoms with E-state index in [4.69, 9.17) is 16.3 Å². The molecule has 0 radical (unpaired) electrons. The van der Waals surface area contributed by atoms with Gasteiger partial charge in [-0.05, 0) is 12.1 Å². The van der Waals surface area contributed by atoms with Crippen LogP contribution in [-0.2, 0) is 11.2 Å². The molecule has 2 nitrogen and oxygen atoms in total. The number of rotatable bonds is 3. The second kappa shape index (κ2) is 4.63. The summed E-state index contributed by atoms with van der Waals surface area (Å²) in [6.07, 6.45) is 1.13. The number of hydrogen-bond acceptors (Lipinski definition) is 2. The van der Waals surface area contributed by atoms with Gasteiger partial charge in [-0.1, -0.05) is 27.5 Å². The molecule has 0 bridgehead atoms. The largest absolute Gasteiger partial charge is 0.495 e. The molecule has 4 heteroatoms. The summed E-state index contributed by atoms with van der Waals surface area (Å²) in [7, 11) is 1.53. The molecular weight excluding hydrogens is 255 g/mol. The van der Waals surface area contributed by atoms with Gasteiger partial charge in [-0.2, -0.15) is 0 Å². The highest BCUT2D eigenvalue weighted by atomic mass is 79.9. The molecule has 0 N–H and O–H groups in total. The summed E-state index contributed by atoms with van der Waals surface area (Å²) in [6, 6.07) is 3.55. The van der Waals surface area contributed by atoms with Crippen LogP contribution in [0.15, 0.2) is 16.6 Å². The number of ether oxygens (including phenoxy) is 1. The highest BCUT2D eigenvalue weighted by molar-refractivity contribution is 9.10. The van der Waals surface area contributed by atoms with Gasteiger partial charge in [0, 0.05) is 16.5 Å². The minimum Gasteiger partial charge on any atom is -0.495 e. The Morgan fingerprint density at radius 1 is 1.62 bits per heavy atom. The van der Waals surface area contributed by atoms with E-state index in [1.54, 1.807) is 6.07 Å². The zero-order valence-corrected chi connectivity index (χ0v) is 9.35. The van der Waals surface area contributed by atoms with Crippen molar-refractivity contribution in [2.75, 3.05) is 7.11 Å². The normalized spacial score (nSPS) is 9.77. The first-order valence-corrected chi connectivity index (χ1v) is 4.81. The quantitative estimate of drug-likeness (QED) is 0.784. The maximum absolute atomic E-state index is 10.4. The van der Waals surface area contributed by atoms with Crippen LogP contribution in [0.1, 0.15) is 5.56 Å². The minimum absolute atomic E-state index is 0.308. The molecular formula is C9H8BrClO2. The summed E-state index contributed by atoms with van der Waals surface area (Å²) in [5.74, 6) is 0.567. The Hall–Kier alpha value is -0.540. The lowest BCUT2D eigenvalue weighted by atomic mass is 10.1. The van der Waals surface area contributed by atoms with Gasteiger partial charge in [0.1, 0.15) is 12.0 Å². The van der Waals surface area contributed by atoms with E-state index in [1.807, 2.05) is 6.07 Å². The number of carbonyl (C=O) groups excluding carboxylic acids is 1. The van der Waals surface area contributed by atoms with Crippen molar-refractivity contribution in [2.45, 2.75) is 6.42 Å². The van der Waals surface area contributed by atoms with Crippen molar-refractivity contribution in [1.29, 1.82) is 0 Å². The van der Waals surface area contributed by atoms with E-state index in [0.717, 1.165) is 16.3 Å². The smallest absolute Gasteiger partial charge is 0.141 e. The fraction of sp³-hybridized carbons (Fsp3) is 0.222. The Balaban J connectivity index is 3.20. The molecule has 0 aliphatic carbocycles. The van der Waals surface area contributed by atoms with E-state index >= 15 is 0 Å². The zero-order valence-electron chi connectivity index (χ0n) is 7.01. The molecule has 0 saturated carbocycles. The van der Waals surface area contributed by atoms with E-state index in [2.05, 4.69) is 15.9 Å². The van der Waals surface area contributed by atoms with Gasteiger partial charge in [0.2, 0.25) is 0 Å². The second-order valence-electron chi connectivity index (χ2n) is 2.45. The molecule has 0 heterocycles. The van der Waals surface area contributed by atoms with E-state index in [0.29, 0.717) is 17.2 Å². The topological polar surface area (TPSA) is 26.3 Å². The first-order valence-electron chi connectivity index (χ1n) is 3.64.